The van der Waals surface area contributed by atoms with Gasteiger partial charge >= 0.3 is 0 Å². The lowest BCUT2D eigenvalue weighted by molar-refractivity contribution is -0.121. The Labute approximate surface area is 117 Å². The lowest BCUT2D eigenvalue weighted by atomic mass is 10.1. The molecule has 0 saturated carbocycles. The number of amides is 1. The molecule has 0 radical (unpaired) electrons. The molecule has 0 atom stereocenters. The van der Waals surface area contributed by atoms with Crippen LogP contribution in [0.25, 0.3) is 10.8 Å². The predicted octanol–water partition coefficient (Wildman–Crippen LogP) is 1.60. The molecule has 1 amide bonds. The Bertz CT molecular complexity index is 689. The van der Waals surface area contributed by atoms with Crippen LogP contribution < -0.4 is 10.9 Å². The molecule has 106 valence electrons. The molecule has 0 aliphatic heterocycles. The van der Waals surface area contributed by atoms with Gasteiger partial charge < -0.3 is 5.32 Å². The van der Waals surface area contributed by atoms with Crippen LogP contribution in [-0.2, 0) is 18.4 Å². The van der Waals surface area contributed by atoms with Gasteiger partial charge in [0.25, 0.3) is 5.56 Å². The normalized spacial score (nSPS) is 11.0. The second-order valence-electron chi connectivity index (χ2n) is 5.30. The van der Waals surface area contributed by atoms with Gasteiger partial charge in [0, 0.05) is 18.9 Å². The number of carbonyl (C=O) groups is 1. The van der Waals surface area contributed by atoms with E-state index in [9.17, 15) is 9.59 Å². The molecule has 1 aromatic carbocycles. The monoisotopic (exact) mass is 273 g/mol. The third-order valence-corrected chi connectivity index (χ3v) is 3.08. The first kappa shape index (κ1) is 14.2. The molecule has 1 N–H and O–H groups in total. The number of fused-ring (bicyclic) bond motifs is 1. The Morgan fingerprint density at radius 3 is 2.60 bits per heavy atom. The Balaban J connectivity index is 2.29. The Kier molecular flexibility index (Phi) is 4.17. The quantitative estimate of drug-likeness (QED) is 0.920. The highest BCUT2D eigenvalue weighted by Crippen LogP contribution is 2.12. The van der Waals surface area contributed by atoms with Crippen LogP contribution >= 0.6 is 0 Å². The molecule has 1 heterocycles. The fraction of sp³-hybridized carbons (Fsp3) is 0.400. The zero-order chi connectivity index (χ0) is 14.7. The van der Waals surface area contributed by atoms with Crippen LogP contribution in [0.15, 0.2) is 29.1 Å². The topological polar surface area (TPSA) is 64.0 Å². The summed E-state index contributed by atoms with van der Waals surface area (Å²) in [6, 6.07) is 7.32. The number of hydrogen-bond donors (Lipinski definition) is 1. The van der Waals surface area contributed by atoms with E-state index in [-0.39, 0.29) is 11.5 Å². The molecule has 0 aliphatic rings. The van der Waals surface area contributed by atoms with Crippen LogP contribution in [0.5, 0.6) is 0 Å². The highest BCUT2D eigenvalue weighted by atomic mass is 16.1. The molecule has 0 saturated heterocycles. The zero-order valence-corrected chi connectivity index (χ0v) is 12.0. The highest BCUT2D eigenvalue weighted by Gasteiger charge is 2.10. The zero-order valence-electron chi connectivity index (χ0n) is 12.0. The fourth-order valence-electron chi connectivity index (χ4n) is 2.13. The molecular formula is C15H19N3O2. The van der Waals surface area contributed by atoms with Crippen molar-refractivity contribution in [2.45, 2.75) is 26.8 Å². The Morgan fingerprint density at radius 1 is 1.30 bits per heavy atom. The molecule has 0 spiro atoms. The Hall–Kier alpha value is -2.17. The number of rotatable bonds is 4. The number of hydrogen-bond acceptors (Lipinski definition) is 3. The van der Waals surface area contributed by atoms with Crippen molar-refractivity contribution < 1.29 is 4.79 Å². The first-order valence-corrected chi connectivity index (χ1v) is 6.70. The van der Waals surface area contributed by atoms with Crippen LogP contribution in [0.1, 0.15) is 26.0 Å². The van der Waals surface area contributed by atoms with Gasteiger partial charge in [-0.2, -0.15) is 5.10 Å². The van der Waals surface area contributed by atoms with Gasteiger partial charge in [-0.15, -0.1) is 0 Å². The van der Waals surface area contributed by atoms with Crippen LogP contribution in [-0.4, -0.2) is 15.7 Å². The average Bonchev–Trinajstić information content (AvgIpc) is 2.40. The third kappa shape index (κ3) is 3.04. The largest absolute Gasteiger partial charge is 0.350 e. The minimum absolute atomic E-state index is 0.000246. The number of benzene rings is 1. The van der Waals surface area contributed by atoms with Gasteiger partial charge in [-0.3, -0.25) is 9.59 Å². The maximum absolute atomic E-state index is 12.0. The second-order valence-corrected chi connectivity index (χ2v) is 5.30. The van der Waals surface area contributed by atoms with Crippen molar-refractivity contribution in [2.24, 2.45) is 13.0 Å². The van der Waals surface area contributed by atoms with E-state index < -0.39 is 0 Å². The lowest BCUT2D eigenvalue weighted by Gasteiger charge is -2.10. The van der Waals surface area contributed by atoms with E-state index in [1.54, 1.807) is 13.1 Å². The van der Waals surface area contributed by atoms with Gasteiger partial charge in [-0.25, -0.2) is 4.68 Å². The van der Waals surface area contributed by atoms with Gasteiger partial charge in [-0.1, -0.05) is 32.0 Å². The molecule has 0 aliphatic carbocycles. The van der Waals surface area contributed by atoms with Gasteiger partial charge in [0.15, 0.2) is 0 Å². The smallest absolute Gasteiger partial charge is 0.274 e. The van der Waals surface area contributed by atoms with Crippen LogP contribution in [0.4, 0.5) is 0 Å². The van der Waals surface area contributed by atoms with E-state index in [1.165, 1.54) is 4.68 Å². The maximum Gasteiger partial charge on any atom is 0.274 e. The summed E-state index contributed by atoms with van der Waals surface area (Å²) in [7, 11) is 1.62. The SMILES string of the molecule is CC(C)CC(=O)NCc1nn(C)c(=O)c2ccccc12. The van der Waals surface area contributed by atoms with Crippen LogP contribution in [0, 0.1) is 5.92 Å². The molecule has 2 rings (SSSR count). The third-order valence-electron chi connectivity index (χ3n) is 3.08. The first-order valence-electron chi connectivity index (χ1n) is 6.70. The number of aromatic nitrogens is 2. The van der Waals surface area contributed by atoms with Crippen molar-refractivity contribution in [3.63, 3.8) is 0 Å². The minimum Gasteiger partial charge on any atom is -0.350 e. The molecule has 0 fully saturated rings. The van der Waals surface area contributed by atoms with E-state index in [4.69, 9.17) is 0 Å². The standard InChI is InChI=1S/C15H19N3O2/c1-10(2)8-14(19)16-9-13-11-6-4-5-7-12(11)15(20)18(3)17-13/h4-7,10H,8-9H2,1-3H3,(H,16,19). The van der Waals surface area contributed by atoms with Crippen LogP contribution in [0.2, 0.25) is 0 Å². The summed E-state index contributed by atoms with van der Waals surface area (Å²) < 4.78 is 1.31. The van der Waals surface area contributed by atoms with Gasteiger partial charge in [-0.05, 0) is 12.0 Å². The molecule has 20 heavy (non-hydrogen) atoms. The molecule has 0 unspecified atom stereocenters. The predicted molar refractivity (Wildman–Crippen MR) is 78.3 cm³/mol. The fourth-order valence-corrected chi connectivity index (χ4v) is 2.13. The average molecular weight is 273 g/mol. The minimum atomic E-state index is -0.127. The summed E-state index contributed by atoms with van der Waals surface area (Å²) in [5.74, 6) is 0.319. The Morgan fingerprint density at radius 2 is 1.95 bits per heavy atom. The van der Waals surface area contributed by atoms with Crippen molar-refractivity contribution in [2.75, 3.05) is 0 Å². The molecule has 5 heteroatoms. The highest BCUT2D eigenvalue weighted by molar-refractivity contribution is 5.84. The number of nitrogens with zero attached hydrogens (tertiary/aromatic N) is 2. The summed E-state index contributed by atoms with van der Waals surface area (Å²) in [6.45, 7) is 4.33. The van der Waals surface area contributed by atoms with E-state index in [2.05, 4.69) is 10.4 Å². The lowest BCUT2D eigenvalue weighted by Crippen LogP contribution is -2.27. The van der Waals surface area contributed by atoms with E-state index in [0.717, 1.165) is 5.39 Å². The number of carbonyl (C=O) groups excluding carboxylic acids is 1. The first-order chi connectivity index (χ1) is 9.49. The number of nitrogens with one attached hydrogen (secondary N) is 1. The van der Waals surface area contributed by atoms with Gasteiger partial charge in [0.05, 0.1) is 17.6 Å². The summed E-state index contributed by atoms with van der Waals surface area (Å²) in [5.41, 5.74) is 0.581. The molecule has 5 nitrogen and oxygen atoms in total. The van der Waals surface area contributed by atoms with Crippen molar-refractivity contribution in [1.82, 2.24) is 15.1 Å². The summed E-state index contributed by atoms with van der Waals surface area (Å²) in [5, 5.41) is 8.51. The van der Waals surface area contributed by atoms with Crippen molar-refractivity contribution in [1.29, 1.82) is 0 Å². The van der Waals surface area contributed by atoms with Gasteiger partial charge in [0.1, 0.15) is 0 Å². The number of aryl methyl sites for hydroxylation is 1. The molecular weight excluding hydrogens is 254 g/mol. The van der Waals surface area contributed by atoms with Gasteiger partial charge in [0.2, 0.25) is 5.91 Å². The van der Waals surface area contributed by atoms with Crippen LogP contribution in [0.3, 0.4) is 0 Å². The summed E-state index contributed by atoms with van der Waals surface area (Å²) in [4.78, 5) is 23.7. The molecule has 0 bridgehead atoms. The van der Waals surface area contributed by atoms with Crippen molar-refractivity contribution >= 4 is 16.7 Å². The van der Waals surface area contributed by atoms with E-state index in [0.29, 0.717) is 30.0 Å². The van der Waals surface area contributed by atoms with Crippen molar-refractivity contribution in [3.8, 4) is 0 Å². The molecule has 1 aromatic heterocycles. The van der Waals surface area contributed by atoms with E-state index in [1.807, 2.05) is 32.0 Å². The summed E-state index contributed by atoms with van der Waals surface area (Å²) >= 11 is 0. The van der Waals surface area contributed by atoms with Crippen molar-refractivity contribution in [3.05, 3.63) is 40.3 Å². The molecule has 2 aromatic rings. The second kappa shape index (κ2) is 5.86. The maximum atomic E-state index is 12.0. The summed E-state index contributed by atoms with van der Waals surface area (Å²) in [6.07, 6.45) is 0.490. The van der Waals surface area contributed by atoms with E-state index >= 15 is 0 Å².